The van der Waals surface area contributed by atoms with Crippen molar-refractivity contribution in [2.75, 3.05) is 18.4 Å². The van der Waals surface area contributed by atoms with Crippen molar-refractivity contribution in [3.05, 3.63) is 100 Å². The number of imide groups is 1. The Kier molecular flexibility index (Phi) is 6.74. The number of carbonyl (C=O) groups excluding carboxylic acids is 4. The summed E-state index contributed by atoms with van der Waals surface area (Å²) in [6.07, 6.45) is 0.151. The van der Waals surface area contributed by atoms with Crippen LogP contribution >= 0.6 is 0 Å². The van der Waals surface area contributed by atoms with Gasteiger partial charge in [-0.15, -0.1) is 0 Å². The van der Waals surface area contributed by atoms with Crippen LogP contribution in [0.2, 0.25) is 0 Å². The number of hydrogen-bond donors (Lipinski definition) is 1. The maximum Gasteiger partial charge on any atom is 0.264 e. The van der Waals surface area contributed by atoms with Gasteiger partial charge >= 0.3 is 0 Å². The Hall–Kier alpha value is -4.61. The SMILES string of the molecule is N#Cc1cccc(C2CN(Cc3ccc(CNc4cccc5c4C(=O)N(C4CCC(=O)CC4=O)C5=O)cc3)C2)c1. The quantitative estimate of drug-likeness (QED) is 0.361. The number of rotatable bonds is 7. The number of fused-ring (bicyclic) bond motifs is 1. The van der Waals surface area contributed by atoms with Crippen LogP contribution in [0.15, 0.2) is 66.7 Å². The van der Waals surface area contributed by atoms with Crippen molar-refractivity contribution in [1.29, 1.82) is 5.26 Å². The lowest BCUT2D eigenvalue weighted by Crippen LogP contribution is -2.47. The van der Waals surface area contributed by atoms with E-state index >= 15 is 0 Å². The Morgan fingerprint density at radius 3 is 2.40 bits per heavy atom. The molecule has 2 heterocycles. The summed E-state index contributed by atoms with van der Waals surface area (Å²) in [7, 11) is 0. The molecule has 1 aliphatic carbocycles. The van der Waals surface area contributed by atoms with Gasteiger partial charge in [-0.05, 0) is 47.4 Å². The number of anilines is 1. The first-order chi connectivity index (χ1) is 19.4. The molecule has 6 rings (SSSR count). The zero-order chi connectivity index (χ0) is 27.8. The van der Waals surface area contributed by atoms with E-state index in [4.69, 9.17) is 5.26 Å². The average molecular weight is 533 g/mol. The van der Waals surface area contributed by atoms with Crippen molar-refractivity contribution < 1.29 is 19.2 Å². The zero-order valence-electron chi connectivity index (χ0n) is 21.9. The number of carbonyl (C=O) groups is 4. The minimum Gasteiger partial charge on any atom is -0.380 e. The topological polar surface area (TPSA) is 111 Å². The number of nitriles is 1. The molecular weight excluding hydrogens is 504 g/mol. The monoisotopic (exact) mass is 532 g/mol. The molecule has 1 N–H and O–H groups in total. The molecule has 8 heteroatoms. The molecule has 0 radical (unpaired) electrons. The second-order valence-electron chi connectivity index (χ2n) is 10.7. The van der Waals surface area contributed by atoms with Gasteiger partial charge in [0, 0.05) is 44.2 Å². The molecule has 0 spiro atoms. The predicted octanol–water partition coefficient (Wildman–Crippen LogP) is 4.06. The number of nitrogens with one attached hydrogen (secondary N) is 1. The van der Waals surface area contributed by atoms with E-state index in [2.05, 4.69) is 46.6 Å². The Bertz CT molecular complexity index is 1570. The number of nitrogens with zero attached hydrogens (tertiary/aromatic N) is 3. The Labute approximate surface area is 232 Å². The molecule has 1 saturated carbocycles. The number of likely N-dealkylation sites (tertiary alicyclic amines) is 1. The number of hydrogen-bond acceptors (Lipinski definition) is 7. The number of Topliss-reactive ketones (excluding diaryl/α,β-unsaturated/α-hetero) is 2. The highest BCUT2D eigenvalue weighted by Crippen LogP contribution is 2.34. The molecule has 3 aromatic carbocycles. The van der Waals surface area contributed by atoms with Crippen LogP contribution in [0.1, 0.15) is 68.2 Å². The van der Waals surface area contributed by atoms with Gasteiger partial charge in [0.25, 0.3) is 11.8 Å². The van der Waals surface area contributed by atoms with E-state index in [9.17, 15) is 19.2 Å². The molecule has 3 aromatic rings. The maximum atomic E-state index is 13.3. The molecular formula is C32H28N4O4. The van der Waals surface area contributed by atoms with E-state index in [0.29, 0.717) is 23.7 Å². The van der Waals surface area contributed by atoms with Gasteiger partial charge in [-0.1, -0.05) is 42.5 Å². The molecule has 2 fully saturated rings. The predicted molar refractivity (Wildman–Crippen MR) is 148 cm³/mol. The highest BCUT2D eigenvalue weighted by atomic mass is 16.2. The van der Waals surface area contributed by atoms with E-state index in [1.165, 1.54) is 11.1 Å². The Balaban J connectivity index is 1.06. The van der Waals surface area contributed by atoms with Crippen molar-refractivity contribution >= 4 is 29.1 Å². The van der Waals surface area contributed by atoms with Crippen LogP contribution in [0.4, 0.5) is 5.69 Å². The van der Waals surface area contributed by atoms with Crippen molar-refractivity contribution in [1.82, 2.24) is 9.80 Å². The molecule has 1 unspecified atom stereocenters. The normalized spacial score (nSPS) is 19.4. The smallest absolute Gasteiger partial charge is 0.264 e. The molecule has 0 bridgehead atoms. The average Bonchev–Trinajstić information content (AvgIpc) is 3.20. The number of benzene rings is 3. The minimum atomic E-state index is -0.880. The lowest BCUT2D eigenvalue weighted by molar-refractivity contribution is -0.132. The number of amides is 2. The Morgan fingerprint density at radius 2 is 1.65 bits per heavy atom. The molecule has 40 heavy (non-hydrogen) atoms. The van der Waals surface area contributed by atoms with Crippen LogP contribution in [0.25, 0.3) is 0 Å². The fraction of sp³-hybridized carbons (Fsp3) is 0.281. The van der Waals surface area contributed by atoms with Gasteiger partial charge in [0.1, 0.15) is 5.78 Å². The summed E-state index contributed by atoms with van der Waals surface area (Å²) in [6, 6.07) is 22.6. The second-order valence-corrected chi connectivity index (χ2v) is 10.7. The molecule has 3 aliphatic rings. The molecule has 2 amide bonds. The molecule has 2 aliphatic heterocycles. The lowest BCUT2D eigenvalue weighted by Gasteiger charge is -2.39. The summed E-state index contributed by atoms with van der Waals surface area (Å²) in [4.78, 5) is 53.9. The van der Waals surface area contributed by atoms with Crippen molar-refractivity contribution in [3.8, 4) is 6.07 Å². The van der Waals surface area contributed by atoms with Crippen LogP contribution in [0, 0.1) is 11.3 Å². The third-order valence-corrected chi connectivity index (χ3v) is 8.05. The van der Waals surface area contributed by atoms with E-state index in [0.717, 1.165) is 30.1 Å². The van der Waals surface area contributed by atoms with Crippen LogP contribution < -0.4 is 5.32 Å². The van der Waals surface area contributed by atoms with Gasteiger partial charge in [-0.2, -0.15) is 5.26 Å². The highest BCUT2D eigenvalue weighted by Gasteiger charge is 2.45. The second kappa shape index (κ2) is 10.5. The van der Waals surface area contributed by atoms with Crippen LogP contribution in [-0.4, -0.2) is 52.3 Å². The van der Waals surface area contributed by atoms with Crippen molar-refractivity contribution in [2.24, 2.45) is 0 Å². The summed E-state index contributed by atoms with van der Waals surface area (Å²) < 4.78 is 0. The van der Waals surface area contributed by atoms with E-state index in [-0.39, 0.29) is 42.0 Å². The van der Waals surface area contributed by atoms with Crippen LogP contribution in [0.5, 0.6) is 0 Å². The first kappa shape index (κ1) is 25.7. The van der Waals surface area contributed by atoms with Gasteiger partial charge in [-0.3, -0.25) is 29.0 Å². The van der Waals surface area contributed by atoms with Crippen molar-refractivity contribution in [2.45, 2.75) is 44.3 Å². The zero-order valence-corrected chi connectivity index (χ0v) is 21.9. The molecule has 1 atom stereocenters. The summed E-state index contributed by atoms with van der Waals surface area (Å²) in [5.74, 6) is -1.04. The van der Waals surface area contributed by atoms with E-state index in [1.54, 1.807) is 18.2 Å². The van der Waals surface area contributed by atoms with Gasteiger partial charge in [0.2, 0.25) is 0 Å². The first-order valence-electron chi connectivity index (χ1n) is 13.5. The van der Waals surface area contributed by atoms with Crippen molar-refractivity contribution in [3.63, 3.8) is 0 Å². The standard InChI is InChI=1S/C32H28N4O4/c33-15-22-3-1-4-23(13-22)24-18-35(19-24)17-21-9-7-20(8-10-21)16-34-27-6-2-5-26-30(27)32(40)36(31(26)39)28-12-11-25(37)14-29(28)38/h1-10,13,24,28,34H,11-12,14,16-19H2. The largest absolute Gasteiger partial charge is 0.380 e. The van der Waals surface area contributed by atoms with Gasteiger partial charge in [0.15, 0.2) is 5.78 Å². The fourth-order valence-electron chi connectivity index (χ4n) is 5.86. The van der Waals surface area contributed by atoms with Crippen LogP contribution in [0.3, 0.4) is 0 Å². The first-order valence-corrected chi connectivity index (χ1v) is 13.5. The maximum absolute atomic E-state index is 13.3. The van der Waals surface area contributed by atoms with Gasteiger partial charge < -0.3 is 5.32 Å². The number of ketones is 2. The third kappa shape index (κ3) is 4.80. The van der Waals surface area contributed by atoms with Gasteiger partial charge in [0.05, 0.1) is 35.2 Å². The van der Waals surface area contributed by atoms with Crippen LogP contribution in [-0.2, 0) is 22.7 Å². The summed E-state index contributed by atoms with van der Waals surface area (Å²) >= 11 is 0. The molecule has 8 nitrogen and oxygen atoms in total. The minimum absolute atomic E-state index is 0.150. The Morgan fingerprint density at radius 1 is 0.900 bits per heavy atom. The lowest BCUT2D eigenvalue weighted by atomic mass is 9.90. The van der Waals surface area contributed by atoms with E-state index < -0.39 is 17.9 Å². The fourth-order valence-corrected chi connectivity index (χ4v) is 5.86. The summed E-state index contributed by atoms with van der Waals surface area (Å²) in [5.41, 5.74) is 5.27. The molecule has 0 aromatic heterocycles. The summed E-state index contributed by atoms with van der Waals surface area (Å²) in [5, 5.41) is 12.4. The van der Waals surface area contributed by atoms with Gasteiger partial charge in [-0.25, -0.2) is 0 Å². The van der Waals surface area contributed by atoms with E-state index in [1.807, 2.05) is 18.2 Å². The highest BCUT2D eigenvalue weighted by molar-refractivity contribution is 6.25. The molecule has 1 saturated heterocycles. The third-order valence-electron chi connectivity index (χ3n) is 8.05. The molecule has 200 valence electrons. The summed E-state index contributed by atoms with van der Waals surface area (Å²) in [6.45, 7) is 3.25.